The molecule has 0 radical (unpaired) electrons. The molecule has 1 aliphatic carbocycles. The number of nitrogens with one attached hydrogen (secondary N) is 1. The number of carbonyl (C=O) groups excluding carboxylic acids is 1. The van der Waals surface area contributed by atoms with Gasteiger partial charge in [0.2, 0.25) is 0 Å². The molecule has 3 heterocycles. The zero-order valence-electron chi connectivity index (χ0n) is 15.2. The number of ether oxygens (including phenoxy) is 1. The molecule has 27 heavy (non-hydrogen) atoms. The molecule has 1 saturated heterocycles. The van der Waals surface area contributed by atoms with Crippen molar-refractivity contribution >= 4 is 5.91 Å². The molecule has 0 bridgehead atoms. The van der Waals surface area contributed by atoms with Crippen LogP contribution < -0.4 is 5.32 Å². The minimum absolute atomic E-state index is 0.0438. The molecule has 2 aromatic heterocycles. The lowest BCUT2D eigenvalue weighted by Gasteiger charge is -2.36. The first kappa shape index (κ1) is 18.1. The molecule has 2 N–H and O–H groups in total. The van der Waals surface area contributed by atoms with Crippen LogP contribution in [0.5, 0.6) is 0 Å². The van der Waals surface area contributed by atoms with Crippen LogP contribution in [0.3, 0.4) is 0 Å². The van der Waals surface area contributed by atoms with Gasteiger partial charge >= 0.3 is 0 Å². The standard InChI is InChI=1S/C19H25N5O3/c25-12-18-16(21-19(26)14-2-1-8-20-10-14)6-5-15(27-18)7-9-24-11-17(22-23-24)13-3-4-13/h1-2,8,10-11,13,15-16,18,25H,3-7,9,12H2,(H,21,26)/t15-,16-,18-/m1/s1. The first-order chi connectivity index (χ1) is 13.2. The Labute approximate surface area is 157 Å². The molecule has 0 aromatic carbocycles. The number of aryl methyl sites for hydroxylation is 1. The molecule has 3 atom stereocenters. The van der Waals surface area contributed by atoms with E-state index in [9.17, 15) is 9.90 Å². The van der Waals surface area contributed by atoms with E-state index in [2.05, 4.69) is 20.6 Å². The number of aliphatic hydroxyl groups excluding tert-OH is 1. The lowest BCUT2D eigenvalue weighted by atomic mass is 9.97. The first-order valence-electron chi connectivity index (χ1n) is 9.60. The van der Waals surface area contributed by atoms with Crippen LogP contribution in [0.15, 0.2) is 30.7 Å². The number of hydrogen-bond acceptors (Lipinski definition) is 6. The fraction of sp³-hybridized carbons (Fsp3) is 0.579. The van der Waals surface area contributed by atoms with Gasteiger partial charge in [-0.3, -0.25) is 14.5 Å². The summed E-state index contributed by atoms with van der Waals surface area (Å²) in [6.45, 7) is 0.624. The van der Waals surface area contributed by atoms with Gasteiger partial charge in [-0.1, -0.05) is 5.21 Å². The summed E-state index contributed by atoms with van der Waals surface area (Å²) in [6, 6.07) is 3.24. The molecule has 1 saturated carbocycles. The number of rotatable bonds is 7. The van der Waals surface area contributed by atoms with Gasteiger partial charge in [0, 0.05) is 31.1 Å². The average Bonchev–Trinajstić information content (AvgIpc) is 3.46. The number of hydrogen-bond donors (Lipinski definition) is 2. The summed E-state index contributed by atoms with van der Waals surface area (Å²) < 4.78 is 7.91. The molecular formula is C19H25N5O3. The van der Waals surface area contributed by atoms with Gasteiger partial charge in [-0.2, -0.15) is 0 Å². The van der Waals surface area contributed by atoms with Crippen molar-refractivity contribution < 1.29 is 14.6 Å². The highest BCUT2D eigenvalue weighted by Crippen LogP contribution is 2.38. The fourth-order valence-electron chi connectivity index (χ4n) is 3.52. The van der Waals surface area contributed by atoms with Gasteiger partial charge in [0.05, 0.1) is 30.0 Å². The highest BCUT2D eigenvalue weighted by Gasteiger charge is 2.32. The summed E-state index contributed by atoms with van der Waals surface area (Å²) in [7, 11) is 0. The maximum absolute atomic E-state index is 12.3. The molecule has 4 rings (SSSR count). The van der Waals surface area contributed by atoms with Crippen molar-refractivity contribution in [2.24, 2.45) is 0 Å². The molecular weight excluding hydrogens is 346 g/mol. The van der Waals surface area contributed by atoms with Crippen LogP contribution in [0.2, 0.25) is 0 Å². The SMILES string of the molecule is O=C(N[C@@H]1CC[C@H](CCn2cc(C3CC3)nn2)O[C@@H]1CO)c1cccnc1. The number of nitrogens with zero attached hydrogens (tertiary/aromatic N) is 4. The van der Waals surface area contributed by atoms with Gasteiger partial charge in [-0.05, 0) is 44.2 Å². The van der Waals surface area contributed by atoms with E-state index in [0.717, 1.165) is 31.5 Å². The largest absolute Gasteiger partial charge is 0.394 e. The second-order valence-electron chi connectivity index (χ2n) is 7.35. The molecule has 1 aliphatic heterocycles. The highest BCUT2D eigenvalue weighted by molar-refractivity contribution is 5.94. The summed E-state index contributed by atoms with van der Waals surface area (Å²) in [5, 5.41) is 21.1. The predicted octanol–water partition coefficient (Wildman–Crippen LogP) is 1.28. The van der Waals surface area contributed by atoms with Crippen molar-refractivity contribution in [3.63, 3.8) is 0 Å². The molecule has 8 heteroatoms. The maximum atomic E-state index is 12.3. The third kappa shape index (κ3) is 4.51. The molecule has 0 unspecified atom stereocenters. The topological polar surface area (TPSA) is 102 Å². The second-order valence-corrected chi connectivity index (χ2v) is 7.35. The Bertz CT molecular complexity index is 762. The summed E-state index contributed by atoms with van der Waals surface area (Å²) in [5.41, 5.74) is 1.60. The summed E-state index contributed by atoms with van der Waals surface area (Å²) in [5.74, 6) is 0.413. The molecule has 144 valence electrons. The van der Waals surface area contributed by atoms with Gasteiger partial charge in [0.1, 0.15) is 6.10 Å². The van der Waals surface area contributed by atoms with Gasteiger partial charge in [-0.15, -0.1) is 5.10 Å². The lowest BCUT2D eigenvalue weighted by molar-refractivity contribution is -0.0912. The van der Waals surface area contributed by atoms with Crippen LogP contribution in [0.1, 0.15) is 54.1 Å². The predicted molar refractivity (Wildman–Crippen MR) is 97.1 cm³/mol. The number of carbonyl (C=O) groups is 1. The smallest absolute Gasteiger partial charge is 0.253 e. The van der Waals surface area contributed by atoms with E-state index in [0.29, 0.717) is 11.5 Å². The van der Waals surface area contributed by atoms with Crippen molar-refractivity contribution in [1.82, 2.24) is 25.3 Å². The van der Waals surface area contributed by atoms with Crippen LogP contribution in [0.4, 0.5) is 0 Å². The second kappa shape index (κ2) is 8.14. The Morgan fingerprint density at radius 1 is 1.33 bits per heavy atom. The van der Waals surface area contributed by atoms with E-state index >= 15 is 0 Å². The fourth-order valence-corrected chi connectivity index (χ4v) is 3.52. The third-order valence-corrected chi connectivity index (χ3v) is 5.27. The Kier molecular flexibility index (Phi) is 5.45. The van der Waals surface area contributed by atoms with E-state index in [1.807, 2.05) is 10.9 Å². The molecule has 1 amide bonds. The first-order valence-corrected chi connectivity index (χ1v) is 9.60. The van der Waals surface area contributed by atoms with Crippen molar-refractivity contribution in [1.29, 1.82) is 0 Å². The monoisotopic (exact) mass is 371 g/mol. The average molecular weight is 371 g/mol. The van der Waals surface area contributed by atoms with Crippen molar-refractivity contribution in [3.05, 3.63) is 42.0 Å². The van der Waals surface area contributed by atoms with Crippen molar-refractivity contribution in [2.75, 3.05) is 6.61 Å². The molecule has 2 aromatic rings. The minimum Gasteiger partial charge on any atom is -0.394 e. The Balaban J connectivity index is 1.27. The Morgan fingerprint density at radius 2 is 2.22 bits per heavy atom. The zero-order valence-corrected chi connectivity index (χ0v) is 15.2. The Morgan fingerprint density at radius 3 is 2.96 bits per heavy atom. The maximum Gasteiger partial charge on any atom is 0.253 e. The summed E-state index contributed by atoms with van der Waals surface area (Å²) in [6.07, 6.45) is 9.68. The van der Waals surface area contributed by atoms with Gasteiger partial charge in [-0.25, -0.2) is 0 Å². The van der Waals surface area contributed by atoms with Crippen LogP contribution in [0.25, 0.3) is 0 Å². The van der Waals surface area contributed by atoms with Crippen LogP contribution in [-0.2, 0) is 11.3 Å². The summed E-state index contributed by atoms with van der Waals surface area (Å²) >= 11 is 0. The van der Waals surface area contributed by atoms with Crippen LogP contribution in [0, 0.1) is 0 Å². The van der Waals surface area contributed by atoms with E-state index in [4.69, 9.17) is 4.74 Å². The van der Waals surface area contributed by atoms with Gasteiger partial charge < -0.3 is 15.2 Å². The van der Waals surface area contributed by atoms with E-state index in [-0.39, 0.29) is 24.7 Å². The molecule has 0 spiro atoms. The quantitative estimate of drug-likeness (QED) is 0.760. The Hall–Kier alpha value is -2.32. The van der Waals surface area contributed by atoms with Crippen LogP contribution >= 0.6 is 0 Å². The van der Waals surface area contributed by atoms with Gasteiger partial charge in [0.25, 0.3) is 5.91 Å². The third-order valence-electron chi connectivity index (χ3n) is 5.27. The number of amides is 1. The number of pyridine rings is 1. The van der Waals surface area contributed by atoms with Crippen molar-refractivity contribution in [2.45, 2.75) is 62.8 Å². The molecule has 2 aliphatic rings. The molecule has 2 fully saturated rings. The van der Waals surface area contributed by atoms with Crippen LogP contribution in [-0.4, -0.2) is 55.8 Å². The summed E-state index contributed by atoms with van der Waals surface area (Å²) in [4.78, 5) is 16.3. The van der Waals surface area contributed by atoms with E-state index in [1.165, 1.54) is 19.0 Å². The number of aliphatic hydroxyl groups is 1. The minimum atomic E-state index is -0.401. The van der Waals surface area contributed by atoms with E-state index in [1.54, 1.807) is 18.3 Å². The van der Waals surface area contributed by atoms with Crippen molar-refractivity contribution in [3.8, 4) is 0 Å². The molecule has 8 nitrogen and oxygen atoms in total. The highest BCUT2D eigenvalue weighted by atomic mass is 16.5. The lowest BCUT2D eigenvalue weighted by Crippen LogP contribution is -2.51. The van der Waals surface area contributed by atoms with E-state index < -0.39 is 6.10 Å². The van der Waals surface area contributed by atoms with Gasteiger partial charge in [0.15, 0.2) is 0 Å². The number of aromatic nitrogens is 4. The zero-order chi connectivity index (χ0) is 18.6. The normalized spacial score (nSPS) is 25.3.